The molecular weight excluding hydrogens is 238 g/mol. The van der Waals surface area contributed by atoms with E-state index in [0.717, 1.165) is 16.8 Å². The average Bonchev–Trinajstić information content (AvgIpc) is 2.49. The fourth-order valence-electron chi connectivity index (χ4n) is 2.35. The van der Waals surface area contributed by atoms with E-state index in [2.05, 4.69) is 11.1 Å². The van der Waals surface area contributed by atoms with Crippen molar-refractivity contribution in [3.63, 3.8) is 0 Å². The van der Waals surface area contributed by atoms with E-state index in [1.807, 2.05) is 41.3 Å². The Balaban J connectivity index is 2.01. The van der Waals surface area contributed by atoms with Crippen molar-refractivity contribution in [1.29, 1.82) is 5.26 Å². The van der Waals surface area contributed by atoms with Crippen LogP contribution >= 0.6 is 0 Å². The van der Waals surface area contributed by atoms with Crippen molar-refractivity contribution < 1.29 is 4.74 Å². The molecule has 0 saturated carbocycles. The van der Waals surface area contributed by atoms with Crippen molar-refractivity contribution in [3.05, 3.63) is 59.9 Å². The Kier molecular flexibility index (Phi) is 3.13. The number of hydrogen-bond donors (Lipinski definition) is 0. The van der Waals surface area contributed by atoms with Gasteiger partial charge in [0.1, 0.15) is 6.54 Å². The normalized spacial score (nSPS) is 17.6. The van der Waals surface area contributed by atoms with Crippen LogP contribution in [0.2, 0.25) is 0 Å². The zero-order valence-corrected chi connectivity index (χ0v) is 10.4. The van der Waals surface area contributed by atoms with Gasteiger partial charge in [-0.05, 0) is 18.2 Å². The Labute approximate surface area is 111 Å². The molecule has 0 radical (unpaired) electrons. The number of pyridine rings is 1. The molecule has 4 heteroatoms. The maximum Gasteiger partial charge on any atom is 0.157 e. The predicted octanol–water partition coefficient (Wildman–Crippen LogP) is 2.64. The summed E-state index contributed by atoms with van der Waals surface area (Å²) in [6.45, 7) is 0.856. The van der Waals surface area contributed by atoms with E-state index in [9.17, 15) is 0 Å². The molecule has 3 rings (SSSR count). The third-order valence-corrected chi connectivity index (χ3v) is 3.21. The minimum absolute atomic E-state index is 0.224. The van der Waals surface area contributed by atoms with E-state index in [1.165, 1.54) is 0 Å². The molecule has 1 aromatic heterocycles. The number of nitrogens with zero attached hydrogens (tertiary/aromatic N) is 3. The molecule has 0 spiro atoms. The summed E-state index contributed by atoms with van der Waals surface area (Å²) in [5, 5.41) is 9.05. The highest BCUT2D eigenvalue weighted by atomic mass is 16.5. The first-order valence-electron chi connectivity index (χ1n) is 6.13. The molecule has 2 aromatic rings. The van der Waals surface area contributed by atoms with Gasteiger partial charge >= 0.3 is 0 Å². The second-order valence-electron chi connectivity index (χ2n) is 4.36. The summed E-state index contributed by atoms with van der Waals surface area (Å²) < 4.78 is 5.90. The summed E-state index contributed by atoms with van der Waals surface area (Å²) in [6, 6.07) is 14.1. The van der Waals surface area contributed by atoms with Gasteiger partial charge in [-0.1, -0.05) is 18.2 Å². The number of anilines is 1. The van der Waals surface area contributed by atoms with Gasteiger partial charge in [0.15, 0.2) is 6.23 Å². The zero-order valence-electron chi connectivity index (χ0n) is 10.4. The molecule has 0 saturated heterocycles. The van der Waals surface area contributed by atoms with Gasteiger partial charge in [-0.25, -0.2) is 0 Å². The third-order valence-electron chi connectivity index (χ3n) is 3.21. The highest BCUT2D eigenvalue weighted by molar-refractivity contribution is 5.56. The molecule has 0 fully saturated rings. The molecule has 0 bridgehead atoms. The predicted molar refractivity (Wildman–Crippen MR) is 71.2 cm³/mol. The van der Waals surface area contributed by atoms with Crippen LogP contribution in [0.15, 0.2) is 48.8 Å². The van der Waals surface area contributed by atoms with Gasteiger partial charge < -0.3 is 9.64 Å². The Morgan fingerprint density at radius 3 is 2.84 bits per heavy atom. The van der Waals surface area contributed by atoms with Crippen LogP contribution in [0.5, 0.6) is 0 Å². The highest BCUT2D eigenvalue weighted by Gasteiger charge is 2.27. The Morgan fingerprint density at radius 2 is 2.05 bits per heavy atom. The minimum atomic E-state index is -0.224. The summed E-state index contributed by atoms with van der Waals surface area (Å²) in [4.78, 5) is 6.00. The standard InChI is InChI=1S/C15H13N3O/c16-7-10-18-14-4-2-1-3-13(14)11-19-15(18)12-5-8-17-9-6-12/h1-6,8-9,15H,10-11H2. The van der Waals surface area contributed by atoms with Crippen LogP contribution in [0, 0.1) is 11.3 Å². The van der Waals surface area contributed by atoms with Crippen LogP contribution in [0.3, 0.4) is 0 Å². The number of para-hydroxylation sites is 1. The summed E-state index contributed by atoms with van der Waals surface area (Å²) in [5.74, 6) is 0. The number of rotatable bonds is 2. The van der Waals surface area contributed by atoms with Gasteiger partial charge in [0.05, 0.1) is 12.7 Å². The van der Waals surface area contributed by atoms with Gasteiger partial charge in [0.2, 0.25) is 0 Å². The Morgan fingerprint density at radius 1 is 1.26 bits per heavy atom. The summed E-state index contributed by atoms with van der Waals surface area (Å²) in [5.41, 5.74) is 3.19. The molecule has 19 heavy (non-hydrogen) atoms. The largest absolute Gasteiger partial charge is 0.349 e. The average molecular weight is 251 g/mol. The van der Waals surface area contributed by atoms with Crippen LogP contribution in [0.4, 0.5) is 5.69 Å². The SMILES string of the molecule is N#CCN1c2ccccc2COC1c1ccncc1. The first-order chi connectivity index (χ1) is 9.40. The number of ether oxygens (including phenoxy) is 1. The maximum atomic E-state index is 9.05. The molecular formula is C15H13N3O. The molecule has 94 valence electrons. The van der Waals surface area contributed by atoms with Crippen molar-refractivity contribution >= 4 is 5.69 Å². The lowest BCUT2D eigenvalue weighted by atomic mass is 10.1. The fraction of sp³-hybridized carbons (Fsp3) is 0.200. The van der Waals surface area contributed by atoms with Crippen LogP contribution in [0.25, 0.3) is 0 Å². The molecule has 0 amide bonds. The maximum absolute atomic E-state index is 9.05. The zero-order chi connectivity index (χ0) is 13.1. The molecule has 1 unspecified atom stereocenters. The van der Waals surface area contributed by atoms with E-state index in [0.29, 0.717) is 13.2 Å². The van der Waals surface area contributed by atoms with Crippen molar-refractivity contribution in [2.75, 3.05) is 11.4 Å². The second kappa shape index (κ2) is 5.09. The smallest absolute Gasteiger partial charge is 0.157 e. The molecule has 1 aliphatic rings. The topological polar surface area (TPSA) is 49.2 Å². The van der Waals surface area contributed by atoms with Gasteiger partial charge in [-0.2, -0.15) is 5.26 Å². The van der Waals surface area contributed by atoms with Gasteiger partial charge in [0.25, 0.3) is 0 Å². The summed E-state index contributed by atoms with van der Waals surface area (Å²) >= 11 is 0. The van der Waals surface area contributed by atoms with E-state index in [1.54, 1.807) is 12.4 Å². The van der Waals surface area contributed by atoms with Crippen LogP contribution in [-0.4, -0.2) is 11.5 Å². The van der Waals surface area contributed by atoms with Crippen molar-refractivity contribution in [1.82, 2.24) is 4.98 Å². The Bertz CT molecular complexity index is 606. The van der Waals surface area contributed by atoms with E-state index >= 15 is 0 Å². The summed E-state index contributed by atoms with van der Waals surface area (Å²) in [6.07, 6.45) is 3.26. The van der Waals surface area contributed by atoms with Crippen molar-refractivity contribution in [2.45, 2.75) is 12.8 Å². The lowest BCUT2D eigenvalue weighted by Crippen LogP contribution is -2.35. The fourth-order valence-corrected chi connectivity index (χ4v) is 2.35. The minimum Gasteiger partial charge on any atom is -0.349 e. The number of aromatic nitrogens is 1. The molecule has 2 heterocycles. The van der Waals surface area contributed by atoms with Crippen molar-refractivity contribution in [3.8, 4) is 6.07 Å². The van der Waals surface area contributed by atoms with Crippen LogP contribution in [0.1, 0.15) is 17.4 Å². The number of benzene rings is 1. The molecule has 1 aliphatic heterocycles. The molecule has 0 N–H and O–H groups in total. The monoisotopic (exact) mass is 251 g/mol. The first kappa shape index (κ1) is 11.7. The lowest BCUT2D eigenvalue weighted by Gasteiger charge is -2.37. The van der Waals surface area contributed by atoms with E-state index in [4.69, 9.17) is 10.00 Å². The molecule has 0 aliphatic carbocycles. The number of fused-ring (bicyclic) bond motifs is 1. The van der Waals surface area contributed by atoms with Gasteiger partial charge in [0, 0.05) is 29.2 Å². The van der Waals surface area contributed by atoms with E-state index in [-0.39, 0.29) is 6.23 Å². The Hall–Kier alpha value is -2.38. The summed E-state index contributed by atoms with van der Waals surface area (Å²) in [7, 11) is 0. The third kappa shape index (κ3) is 2.16. The molecule has 1 aromatic carbocycles. The van der Waals surface area contributed by atoms with E-state index < -0.39 is 0 Å². The molecule has 4 nitrogen and oxygen atoms in total. The lowest BCUT2D eigenvalue weighted by molar-refractivity contribution is 0.0285. The van der Waals surface area contributed by atoms with Gasteiger partial charge in [-0.15, -0.1) is 0 Å². The highest BCUT2D eigenvalue weighted by Crippen LogP contribution is 2.35. The number of hydrogen-bond acceptors (Lipinski definition) is 4. The number of nitriles is 1. The quantitative estimate of drug-likeness (QED) is 0.770. The second-order valence-corrected chi connectivity index (χ2v) is 4.36. The van der Waals surface area contributed by atoms with Crippen molar-refractivity contribution in [2.24, 2.45) is 0 Å². The van der Waals surface area contributed by atoms with Gasteiger partial charge in [-0.3, -0.25) is 4.98 Å². The first-order valence-corrected chi connectivity index (χ1v) is 6.13. The van der Waals surface area contributed by atoms with Crippen LogP contribution in [-0.2, 0) is 11.3 Å². The van der Waals surface area contributed by atoms with Crippen LogP contribution < -0.4 is 4.90 Å². The molecule has 1 atom stereocenters.